The van der Waals surface area contributed by atoms with E-state index in [1.54, 1.807) is 0 Å². The maximum atomic E-state index is 13.2. The van der Waals surface area contributed by atoms with Crippen LogP contribution in [0.4, 0.5) is 0 Å². The molecule has 5 aromatic rings. The molecular formula is C24H20N2O2. The summed E-state index contributed by atoms with van der Waals surface area (Å²) >= 11 is 0. The van der Waals surface area contributed by atoms with Crippen molar-refractivity contribution in [1.82, 2.24) is 9.55 Å². The summed E-state index contributed by atoms with van der Waals surface area (Å²) in [5, 5.41) is 2.63. The Labute approximate surface area is 161 Å². The quantitative estimate of drug-likeness (QED) is 0.433. The molecule has 0 fully saturated rings. The zero-order valence-electron chi connectivity index (χ0n) is 16.1. The molecule has 2 heterocycles. The number of pyridine rings is 2. The summed E-state index contributed by atoms with van der Waals surface area (Å²) in [5.74, 6) is 0. The van der Waals surface area contributed by atoms with E-state index in [1.807, 2.05) is 62.4 Å². The minimum absolute atomic E-state index is 0.00508. The molecule has 0 bridgehead atoms. The molecule has 0 atom stereocenters. The van der Waals surface area contributed by atoms with Gasteiger partial charge in [0.1, 0.15) is 0 Å². The number of nitrogens with zero attached hydrogens (tertiary/aromatic N) is 1. The first-order valence-electron chi connectivity index (χ1n) is 9.52. The molecular weight excluding hydrogens is 348 g/mol. The van der Waals surface area contributed by atoms with Crippen LogP contribution < -0.4 is 10.9 Å². The van der Waals surface area contributed by atoms with Gasteiger partial charge in [0.05, 0.1) is 16.6 Å². The summed E-state index contributed by atoms with van der Waals surface area (Å²) in [7, 11) is 0. The molecule has 138 valence electrons. The molecule has 3 aromatic carbocycles. The lowest BCUT2D eigenvalue weighted by Gasteiger charge is -2.16. The molecule has 0 saturated heterocycles. The number of H-pyrrole nitrogens is 1. The topological polar surface area (TPSA) is 54.9 Å². The summed E-state index contributed by atoms with van der Waals surface area (Å²) in [6.07, 6.45) is 0. The molecule has 0 aliphatic carbocycles. The number of para-hydroxylation sites is 1. The number of rotatable bonds is 1. The number of hydrogen-bond donors (Lipinski definition) is 1. The number of hydrogen-bond acceptors (Lipinski definition) is 2. The highest BCUT2D eigenvalue weighted by atomic mass is 16.1. The Morgan fingerprint density at radius 1 is 0.821 bits per heavy atom. The van der Waals surface area contributed by atoms with Crippen molar-refractivity contribution >= 4 is 43.6 Å². The monoisotopic (exact) mass is 368 g/mol. The average molecular weight is 368 g/mol. The molecule has 5 rings (SSSR count). The molecule has 0 radical (unpaired) electrons. The van der Waals surface area contributed by atoms with Gasteiger partial charge in [-0.05, 0) is 62.2 Å². The Bertz CT molecular complexity index is 1560. The molecule has 4 heteroatoms. The van der Waals surface area contributed by atoms with E-state index in [2.05, 4.69) is 16.5 Å². The largest absolute Gasteiger partial charge is 0.354 e. The van der Waals surface area contributed by atoms with Crippen LogP contribution in [0.2, 0.25) is 0 Å². The minimum Gasteiger partial charge on any atom is -0.354 e. The highest BCUT2D eigenvalue weighted by molar-refractivity contribution is 6.03. The van der Waals surface area contributed by atoms with Crippen LogP contribution in [0.15, 0.2) is 58.1 Å². The third kappa shape index (κ3) is 2.18. The Hall–Kier alpha value is -3.40. The van der Waals surface area contributed by atoms with Crippen molar-refractivity contribution in [2.75, 3.05) is 0 Å². The highest BCUT2D eigenvalue weighted by Crippen LogP contribution is 2.26. The number of aromatic nitrogens is 2. The van der Waals surface area contributed by atoms with E-state index >= 15 is 0 Å². The van der Waals surface area contributed by atoms with Crippen molar-refractivity contribution in [3.63, 3.8) is 0 Å². The van der Waals surface area contributed by atoms with Gasteiger partial charge in [-0.1, -0.05) is 18.2 Å². The zero-order valence-corrected chi connectivity index (χ0v) is 16.1. The lowest BCUT2D eigenvalue weighted by atomic mass is 10.0. The molecule has 0 unspecified atom stereocenters. The summed E-state index contributed by atoms with van der Waals surface area (Å²) < 4.78 is 2.14. The van der Waals surface area contributed by atoms with E-state index in [0.717, 1.165) is 27.7 Å². The van der Waals surface area contributed by atoms with Crippen molar-refractivity contribution in [1.29, 1.82) is 0 Å². The lowest BCUT2D eigenvalue weighted by molar-refractivity contribution is 0.819. The molecule has 0 aliphatic rings. The standard InChI is InChI=1S/C24H20N2O2/c1-4-26-21-12-17-20(25-19-10-13(2)8-9-15(19)23(17)27)11-18(21)24(28)16-7-5-6-14(3)22(16)26/h5-12H,4H2,1-3H3,(H,25,27). The van der Waals surface area contributed by atoms with E-state index in [9.17, 15) is 9.59 Å². The second kappa shape index (κ2) is 5.80. The maximum Gasteiger partial charge on any atom is 0.197 e. The Morgan fingerprint density at radius 2 is 1.57 bits per heavy atom. The molecule has 2 aromatic heterocycles. The van der Waals surface area contributed by atoms with Gasteiger partial charge in [0.2, 0.25) is 0 Å². The number of aromatic amines is 1. The second-order valence-electron chi connectivity index (χ2n) is 7.46. The maximum absolute atomic E-state index is 13.2. The first-order chi connectivity index (χ1) is 13.5. The van der Waals surface area contributed by atoms with Gasteiger partial charge >= 0.3 is 0 Å². The van der Waals surface area contributed by atoms with Gasteiger partial charge in [-0.2, -0.15) is 0 Å². The smallest absolute Gasteiger partial charge is 0.197 e. The lowest BCUT2D eigenvalue weighted by Crippen LogP contribution is -2.13. The first-order valence-corrected chi connectivity index (χ1v) is 9.52. The van der Waals surface area contributed by atoms with Crippen LogP contribution >= 0.6 is 0 Å². The fourth-order valence-corrected chi connectivity index (χ4v) is 4.33. The van der Waals surface area contributed by atoms with Crippen molar-refractivity contribution in [2.24, 2.45) is 0 Å². The molecule has 28 heavy (non-hydrogen) atoms. The van der Waals surface area contributed by atoms with Gasteiger partial charge < -0.3 is 9.55 Å². The molecule has 4 nitrogen and oxygen atoms in total. The second-order valence-corrected chi connectivity index (χ2v) is 7.46. The van der Waals surface area contributed by atoms with Gasteiger partial charge in [-0.15, -0.1) is 0 Å². The van der Waals surface area contributed by atoms with Gasteiger partial charge in [0.15, 0.2) is 10.9 Å². The van der Waals surface area contributed by atoms with E-state index < -0.39 is 0 Å². The third-order valence-corrected chi connectivity index (χ3v) is 5.67. The summed E-state index contributed by atoms with van der Waals surface area (Å²) in [5.41, 5.74) is 5.37. The number of benzene rings is 3. The van der Waals surface area contributed by atoms with Gasteiger partial charge in [-0.25, -0.2) is 0 Å². The van der Waals surface area contributed by atoms with E-state index in [4.69, 9.17) is 0 Å². The van der Waals surface area contributed by atoms with Crippen LogP contribution in [0.25, 0.3) is 43.6 Å². The fourth-order valence-electron chi connectivity index (χ4n) is 4.33. The van der Waals surface area contributed by atoms with Crippen molar-refractivity contribution < 1.29 is 0 Å². The van der Waals surface area contributed by atoms with Gasteiger partial charge in [0, 0.05) is 33.6 Å². The predicted octanol–water partition coefficient (Wildman–Crippen LogP) is 4.79. The zero-order chi connectivity index (χ0) is 19.6. The predicted molar refractivity (Wildman–Crippen MR) is 116 cm³/mol. The SMILES string of the molecule is CCn1c2cc3c(=O)c4ccc(C)cc4[nH]c3cc2c(=O)c2cccc(C)c21. The van der Waals surface area contributed by atoms with E-state index in [-0.39, 0.29) is 10.9 Å². The van der Waals surface area contributed by atoms with E-state index in [0.29, 0.717) is 33.6 Å². The molecule has 1 N–H and O–H groups in total. The number of fused-ring (bicyclic) bond motifs is 4. The number of nitrogens with one attached hydrogen (secondary N) is 1. The minimum atomic E-state index is -0.00867. The Morgan fingerprint density at radius 3 is 2.36 bits per heavy atom. The van der Waals surface area contributed by atoms with Crippen molar-refractivity contribution in [2.45, 2.75) is 27.3 Å². The van der Waals surface area contributed by atoms with Crippen LogP contribution in [0, 0.1) is 13.8 Å². The molecule has 0 aliphatic heterocycles. The molecule has 0 amide bonds. The average Bonchev–Trinajstić information content (AvgIpc) is 2.68. The Balaban J connectivity index is 2.07. The van der Waals surface area contributed by atoms with Crippen LogP contribution in [-0.2, 0) is 6.54 Å². The first kappa shape index (κ1) is 16.8. The highest BCUT2D eigenvalue weighted by Gasteiger charge is 2.14. The molecule has 0 saturated carbocycles. The summed E-state index contributed by atoms with van der Waals surface area (Å²) in [6.45, 7) is 6.79. The summed E-state index contributed by atoms with van der Waals surface area (Å²) in [6, 6.07) is 15.3. The van der Waals surface area contributed by atoms with Crippen LogP contribution in [0.5, 0.6) is 0 Å². The number of aryl methyl sites for hydroxylation is 3. The summed E-state index contributed by atoms with van der Waals surface area (Å²) in [4.78, 5) is 29.8. The normalized spacial score (nSPS) is 11.8. The van der Waals surface area contributed by atoms with Gasteiger partial charge in [-0.3, -0.25) is 9.59 Å². The van der Waals surface area contributed by atoms with Crippen LogP contribution in [-0.4, -0.2) is 9.55 Å². The van der Waals surface area contributed by atoms with Crippen molar-refractivity contribution in [3.05, 3.63) is 80.1 Å². The third-order valence-electron chi connectivity index (χ3n) is 5.67. The van der Waals surface area contributed by atoms with Crippen molar-refractivity contribution in [3.8, 4) is 0 Å². The Kier molecular flexibility index (Phi) is 3.47. The van der Waals surface area contributed by atoms with Crippen LogP contribution in [0.1, 0.15) is 18.1 Å². The van der Waals surface area contributed by atoms with E-state index in [1.165, 1.54) is 0 Å². The fraction of sp³-hybridized carbons (Fsp3) is 0.167. The van der Waals surface area contributed by atoms with Crippen LogP contribution in [0.3, 0.4) is 0 Å². The van der Waals surface area contributed by atoms with Gasteiger partial charge in [0.25, 0.3) is 0 Å². The molecule has 0 spiro atoms.